The van der Waals surface area contributed by atoms with Crippen LogP contribution in [0.15, 0.2) is 65.7 Å². The zero-order chi connectivity index (χ0) is 25.3. The highest BCUT2D eigenvalue weighted by Gasteiger charge is 2.40. The van der Waals surface area contributed by atoms with Crippen LogP contribution in [0.2, 0.25) is 0 Å². The van der Waals surface area contributed by atoms with E-state index >= 15 is 0 Å². The van der Waals surface area contributed by atoms with E-state index in [9.17, 15) is 13.2 Å². The zero-order valence-electron chi connectivity index (χ0n) is 20.7. The Morgan fingerprint density at radius 2 is 1.72 bits per heavy atom. The van der Waals surface area contributed by atoms with Gasteiger partial charge in [-0.3, -0.25) is 14.7 Å². The van der Waals surface area contributed by atoms with E-state index in [1.54, 1.807) is 34.4 Å². The molecule has 2 aliphatic heterocycles. The summed E-state index contributed by atoms with van der Waals surface area (Å²) >= 11 is 1.75. The van der Waals surface area contributed by atoms with Gasteiger partial charge in [0.1, 0.15) is 10.3 Å². The third kappa shape index (κ3) is 4.77. The van der Waals surface area contributed by atoms with Gasteiger partial charge in [0.15, 0.2) is 0 Å². The summed E-state index contributed by atoms with van der Waals surface area (Å²) in [5, 5.41) is 0.842. The van der Waals surface area contributed by atoms with Gasteiger partial charge in [0, 0.05) is 50.9 Å². The van der Waals surface area contributed by atoms with Crippen LogP contribution in [0, 0.1) is 6.92 Å². The second kappa shape index (κ2) is 10.5. The predicted octanol–water partition coefficient (Wildman–Crippen LogP) is 3.90. The van der Waals surface area contributed by atoms with E-state index < -0.39 is 10.0 Å². The van der Waals surface area contributed by atoms with E-state index in [0.29, 0.717) is 38.2 Å². The number of carbonyl (C=O) groups is 1. The van der Waals surface area contributed by atoms with Crippen LogP contribution in [0.3, 0.4) is 0 Å². The number of aryl methyl sites for hydroxylation is 1. The van der Waals surface area contributed by atoms with Gasteiger partial charge in [0.25, 0.3) is 0 Å². The van der Waals surface area contributed by atoms with Crippen molar-refractivity contribution < 1.29 is 13.2 Å². The van der Waals surface area contributed by atoms with E-state index in [2.05, 4.69) is 35.9 Å². The van der Waals surface area contributed by atoms with E-state index in [1.165, 1.54) is 11.1 Å². The first-order valence-corrected chi connectivity index (χ1v) is 14.9. The molecule has 1 aromatic heterocycles. The average Bonchev–Trinajstić information content (AvgIpc) is 3.22. The van der Waals surface area contributed by atoms with Crippen molar-refractivity contribution in [2.45, 2.75) is 35.8 Å². The lowest BCUT2D eigenvalue weighted by Gasteiger charge is -2.35. The fourth-order valence-corrected chi connectivity index (χ4v) is 8.17. The van der Waals surface area contributed by atoms with Crippen LogP contribution in [0.4, 0.5) is 0 Å². The molecule has 1 amide bonds. The summed E-state index contributed by atoms with van der Waals surface area (Å²) in [6.07, 6.45) is 2.45. The number of nitrogens with zero attached hydrogens (tertiary/aromatic N) is 4. The number of aromatic nitrogens is 1. The van der Waals surface area contributed by atoms with Crippen molar-refractivity contribution in [3.05, 3.63) is 71.9 Å². The zero-order valence-corrected chi connectivity index (χ0v) is 22.3. The Morgan fingerprint density at radius 1 is 0.972 bits per heavy atom. The van der Waals surface area contributed by atoms with Crippen LogP contribution in [0.5, 0.6) is 0 Å². The maximum Gasteiger partial charge on any atom is 0.245 e. The standard InChI is InChI=1S/C27H32N4O3S2/c1-3-23-26(32)31(27(35-23)22-11-5-4-8-20(22)2)19-16-29-14-17-30(18-15-29)36(33,34)24-12-6-9-21-10-7-13-28-25(21)24/h4-13,23,27H,3,14-19H2,1-2H3. The molecule has 3 aromatic rings. The summed E-state index contributed by atoms with van der Waals surface area (Å²) in [6, 6.07) is 17.3. The van der Waals surface area contributed by atoms with Crippen molar-refractivity contribution in [2.75, 3.05) is 39.3 Å². The molecular weight excluding hydrogens is 492 g/mol. The third-order valence-electron chi connectivity index (χ3n) is 7.16. The van der Waals surface area contributed by atoms with Gasteiger partial charge in [0.05, 0.1) is 10.8 Å². The molecule has 0 bridgehead atoms. The highest BCUT2D eigenvalue weighted by molar-refractivity contribution is 8.01. The van der Waals surface area contributed by atoms with Gasteiger partial charge >= 0.3 is 0 Å². The molecule has 0 radical (unpaired) electrons. The lowest BCUT2D eigenvalue weighted by atomic mass is 10.1. The summed E-state index contributed by atoms with van der Waals surface area (Å²) in [4.78, 5) is 22.0. The molecular formula is C27H32N4O3S2. The maximum absolute atomic E-state index is 13.4. The minimum atomic E-state index is -3.64. The molecule has 2 fully saturated rings. The quantitative estimate of drug-likeness (QED) is 0.467. The van der Waals surface area contributed by atoms with Crippen LogP contribution >= 0.6 is 11.8 Å². The summed E-state index contributed by atoms with van der Waals surface area (Å²) in [5.41, 5.74) is 2.91. The van der Waals surface area contributed by atoms with Crippen molar-refractivity contribution in [3.63, 3.8) is 0 Å². The fraction of sp³-hybridized carbons (Fsp3) is 0.407. The molecule has 0 saturated carbocycles. The first-order chi connectivity index (χ1) is 17.4. The highest BCUT2D eigenvalue weighted by Crippen LogP contribution is 2.44. The van der Waals surface area contributed by atoms with Crippen LogP contribution in [0.1, 0.15) is 29.8 Å². The molecule has 5 rings (SSSR count). The Kier molecular flexibility index (Phi) is 7.35. The first-order valence-electron chi connectivity index (χ1n) is 12.5. The number of rotatable bonds is 7. The van der Waals surface area contributed by atoms with Crippen LogP contribution < -0.4 is 0 Å². The molecule has 2 atom stereocenters. The Bertz CT molecular complexity index is 1350. The Balaban J connectivity index is 1.24. The lowest BCUT2D eigenvalue weighted by Crippen LogP contribution is -2.50. The third-order valence-corrected chi connectivity index (χ3v) is 10.7. The van der Waals surface area contributed by atoms with Crippen LogP contribution in [-0.4, -0.2) is 77.9 Å². The molecule has 0 spiro atoms. The smallest absolute Gasteiger partial charge is 0.245 e. The fourth-order valence-electron chi connectivity index (χ4n) is 5.06. The Labute approximate surface area is 217 Å². The van der Waals surface area contributed by atoms with E-state index in [0.717, 1.165) is 18.4 Å². The molecule has 190 valence electrons. The molecule has 2 aliphatic rings. The minimum Gasteiger partial charge on any atom is -0.324 e. The predicted molar refractivity (Wildman–Crippen MR) is 144 cm³/mol. The summed E-state index contributed by atoms with van der Waals surface area (Å²) in [6.45, 7) is 7.66. The normalized spacial score (nSPS) is 21.9. The maximum atomic E-state index is 13.4. The Morgan fingerprint density at radius 3 is 2.47 bits per heavy atom. The van der Waals surface area contributed by atoms with Crippen molar-refractivity contribution >= 4 is 38.6 Å². The number of carbonyl (C=O) groups excluding carboxylic acids is 1. The van der Waals surface area contributed by atoms with E-state index in [1.807, 2.05) is 35.2 Å². The van der Waals surface area contributed by atoms with Gasteiger partial charge < -0.3 is 4.90 Å². The van der Waals surface area contributed by atoms with Gasteiger partial charge in [-0.25, -0.2) is 8.42 Å². The molecule has 0 aliphatic carbocycles. The number of fused-ring (bicyclic) bond motifs is 1. The second-order valence-corrected chi connectivity index (χ2v) is 12.5. The highest BCUT2D eigenvalue weighted by atomic mass is 32.2. The molecule has 7 nitrogen and oxygen atoms in total. The summed E-state index contributed by atoms with van der Waals surface area (Å²) in [5.74, 6) is 0.209. The van der Waals surface area contributed by atoms with Gasteiger partial charge in [-0.2, -0.15) is 4.31 Å². The van der Waals surface area contributed by atoms with Gasteiger partial charge in [0.2, 0.25) is 15.9 Å². The molecule has 36 heavy (non-hydrogen) atoms. The Hall–Kier alpha value is -2.46. The number of benzene rings is 2. The number of hydrogen-bond acceptors (Lipinski definition) is 6. The molecule has 2 saturated heterocycles. The number of sulfonamides is 1. The van der Waals surface area contributed by atoms with E-state index in [4.69, 9.17) is 0 Å². The van der Waals surface area contributed by atoms with E-state index in [-0.39, 0.29) is 21.4 Å². The number of pyridine rings is 1. The van der Waals surface area contributed by atoms with Crippen molar-refractivity contribution in [2.24, 2.45) is 0 Å². The topological polar surface area (TPSA) is 73.8 Å². The minimum absolute atomic E-state index is 0.00842. The molecule has 2 unspecified atom stereocenters. The van der Waals surface area contributed by atoms with Crippen molar-refractivity contribution in [1.29, 1.82) is 0 Å². The van der Waals surface area contributed by atoms with Gasteiger partial charge in [-0.1, -0.05) is 49.4 Å². The molecule has 3 heterocycles. The molecule has 9 heteroatoms. The SMILES string of the molecule is CCC1SC(c2ccccc2C)N(CCN2CCN(S(=O)(=O)c3cccc4cccnc34)CC2)C1=O. The van der Waals surface area contributed by atoms with Crippen molar-refractivity contribution in [3.8, 4) is 0 Å². The number of piperazine rings is 1. The number of amides is 1. The van der Waals surface area contributed by atoms with Gasteiger partial charge in [-0.05, 0) is 36.6 Å². The summed E-state index contributed by atoms with van der Waals surface area (Å²) in [7, 11) is -3.64. The summed E-state index contributed by atoms with van der Waals surface area (Å²) < 4.78 is 28.4. The first kappa shape index (κ1) is 25.2. The van der Waals surface area contributed by atoms with Crippen LogP contribution in [-0.2, 0) is 14.8 Å². The molecule has 0 N–H and O–H groups in total. The molecule has 2 aromatic carbocycles. The van der Waals surface area contributed by atoms with Crippen molar-refractivity contribution in [1.82, 2.24) is 19.1 Å². The largest absolute Gasteiger partial charge is 0.324 e. The number of para-hydroxylation sites is 1. The van der Waals surface area contributed by atoms with Gasteiger partial charge in [-0.15, -0.1) is 11.8 Å². The number of hydrogen-bond donors (Lipinski definition) is 0. The number of thioether (sulfide) groups is 1. The average molecular weight is 525 g/mol. The lowest BCUT2D eigenvalue weighted by molar-refractivity contribution is -0.130. The monoisotopic (exact) mass is 524 g/mol. The van der Waals surface area contributed by atoms with Crippen LogP contribution in [0.25, 0.3) is 10.9 Å². The second-order valence-electron chi connectivity index (χ2n) is 9.35.